The van der Waals surface area contributed by atoms with Gasteiger partial charge in [0.1, 0.15) is 116 Å². The molecule has 3 unspecified atom stereocenters. The van der Waals surface area contributed by atoms with Crippen LogP contribution in [-0.2, 0) is 52.1 Å². The Balaban J connectivity index is 0.000000144. The Bertz CT molecular complexity index is 6610. The number of H-pyrrole nitrogens is 1. The zero-order chi connectivity index (χ0) is 90.4. The molecule has 44 heteroatoms. The number of hydrogen-bond donors (Lipinski definition) is 11. The molecular weight excluding hydrogens is 1950 g/mol. The summed E-state index contributed by atoms with van der Waals surface area (Å²) in [6.07, 6.45) is 7.73. The van der Waals surface area contributed by atoms with Crippen LogP contribution in [0.3, 0.4) is 0 Å². The summed E-state index contributed by atoms with van der Waals surface area (Å²) >= 11 is 55.2. The van der Waals surface area contributed by atoms with Gasteiger partial charge in [0.2, 0.25) is 0 Å². The first-order valence-electron chi connectivity index (χ1n) is 37.5. The molecule has 3 spiro atoms. The first kappa shape index (κ1) is 93.9. The van der Waals surface area contributed by atoms with Gasteiger partial charge in [0.05, 0.1) is 29.0 Å². The molecule has 0 radical (unpaired) electrons. The maximum absolute atomic E-state index is 13.7. The highest BCUT2D eigenvalue weighted by Crippen LogP contribution is 2.48. The van der Waals surface area contributed by atoms with Crippen LogP contribution in [0.15, 0.2) is 162 Å². The number of nitrogens with zero attached hydrogens (tertiary/aromatic N) is 9. The number of carbonyl (C=O) groups excluding carboxylic acids is 7. The van der Waals surface area contributed by atoms with E-state index in [1.54, 1.807) is 77.9 Å². The van der Waals surface area contributed by atoms with Gasteiger partial charge in [0, 0.05) is 67.0 Å². The lowest BCUT2D eigenvalue weighted by molar-refractivity contribution is 0.0624. The van der Waals surface area contributed by atoms with Crippen LogP contribution in [0.25, 0.3) is 0 Å². The molecule has 126 heavy (non-hydrogen) atoms. The number of anilines is 8. The number of amides is 6. The van der Waals surface area contributed by atoms with Crippen LogP contribution in [0, 0.1) is 0 Å². The summed E-state index contributed by atoms with van der Waals surface area (Å²) < 4.78 is 15.1. The minimum atomic E-state index is -1.10. The van der Waals surface area contributed by atoms with Gasteiger partial charge in [-0.2, -0.15) is 0 Å². The molecule has 3 atom stereocenters. The molecule has 7 aliphatic rings. The number of ketones is 1. The van der Waals surface area contributed by atoms with E-state index in [9.17, 15) is 52.7 Å². The molecule has 0 bridgehead atoms. The minimum Gasteiger partial charge on any atom is -0.444 e. The van der Waals surface area contributed by atoms with Crippen LogP contribution in [0.1, 0.15) is 158 Å². The van der Waals surface area contributed by atoms with Gasteiger partial charge < -0.3 is 58.2 Å². The van der Waals surface area contributed by atoms with Crippen LogP contribution in [0.4, 0.5) is 55.9 Å². The van der Waals surface area contributed by atoms with Gasteiger partial charge in [-0.3, -0.25) is 67.5 Å². The third kappa shape index (κ3) is 19.8. The fraction of sp³-hybridized carbons (Fsp3) is 0.232. The number of aryl methyl sites for hydroxylation is 4. The van der Waals surface area contributed by atoms with Crippen molar-refractivity contribution in [3.8, 4) is 0 Å². The van der Waals surface area contributed by atoms with E-state index in [1.165, 1.54) is 75.1 Å². The largest absolute Gasteiger partial charge is 0.444 e. The average Bonchev–Trinajstić information content (AvgIpc) is 1.56. The average molecular weight is 2020 g/mol. The van der Waals surface area contributed by atoms with E-state index in [2.05, 4.69) is 104 Å². The first-order valence-corrected chi connectivity index (χ1v) is 42.2. The normalized spacial score (nSPS) is 16.9. The summed E-state index contributed by atoms with van der Waals surface area (Å²) in [7, 11) is 0. The van der Waals surface area contributed by atoms with E-state index in [1.807, 2.05) is 36.4 Å². The van der Waals surface area contributed by atoms with Crippen molar-refractivity contribution in [2.75, 3.05) is 32.7 Å². The quantitative estimate of drug-likeness (QED) is 0.0706. The Morgan fingerprint density at radius 3 is 1.21 bits per heavy atom. The number of nitrogens with one attached hydrogen (secondary N) is 8. The molecule has 11 aromatic rings. The molecule has 0 saturated heterocycles. The molecule has 10 heterocycles. The van der Waals surface area contributed by atoms with Crippen molar-refractivity contribution in [1.29, 1.82) is 0 Å². The van der Waals surface area contributed by atoms with Crippen molar-refractivity contribution < 1.29 is 43.0 Å². The molecule has 33 nitrogen and oxygen atoms in total. The summed E-state index contributed by atoms with van der Waals surface area (Å²) in [5.41, 5.74) is 18.2. The predicted molar refractivity (Wildman–Crippen MR) is 489 cm³/mol. The predicted octanol–water partition coefficient (Wildman–Crippen LogP) is 15.6. The smallest absolute Gasteiger partial charge is 0.413 e. The number of primary amides is 1. The maximum atomic E-state index is 13.7. The van der Waals surface area contributed by atoms with E-state index < -0.39 is 74.8 Å². The number of rotatable bonds is 7. The van der Waals surface area contributed by atoms with Gasteiger partial charge in [-0.1, -0.05) is 117 Å². The van der Waals surface area contributed by atoms with Crippen molar-refractivity contribution in [3.63, 3.8) is 0 Å². The van der Waals surface area contributed by atoms with Crippen molar-refractivity contribution in [2.45, 2.75) is 121 Å². The highest BCUT2D eigenvalue weighted by Gasteiger charge is 2.53. The lowest BCUT2D eigenvalue weighted by Crippen LogP contribution is -2.46. The molecule has 14 N–H and O–H groups in total. The topological polar surface area (TPSA) is 476 Å². The van der Waals surface area contributed by atoms with Crippen molar-refractivity contribution in [3.05, 3.63) is 292 Å². The van der Waals surface area contributed by atoms with E-state index in [-0.39, 0.29) is 112 Å². The monoisotopic (exact) mass is 2020 g/mol. The number of hydrogen-bond acceptors (Lipinski definition) is 23. The number of pyridine rings is 4. The Morgan fingerprint density at radius 2 is 0.794 bits per heavy atom. The van der Waals surface area contributed by atoms with Crippen molar-refractivity contribution in [1.82, 2.24) is 64.5 Å². The molecule has 0 fully saturated rings. The summed E-state index contributed by atoms with van der Waals surface area (Å²) in [6, 6.07) is 32.0. The van der Waals surface area contributed by atoms with Gasteiger partial charge in [0.15, 0.2) is 5.78 Å². The first-order chi connectivity index (χ1) is 58.9. The second kappa shape index (κ2) is 37.4. The Kier molecular flexibility index (Phi) is 27.9. The standard InChI is InChI=1S/C24H22Cl2N6O4.C19H14Cl2N6O2.C15H9BrCl2N2O2.C9H7ClO.C9H14N4O2.C6H4BrClN2O2.ClH/c1-23(2,3)36-22(35)30-18-10-17(27-11-28-18)29-16-9-15(26)19-20(33)31-24(32(19)21(16)34)7-6-12-4-5-13(25)8-14(12)24;20-10-2-1-9-3-4-19(11(9)5-10)26-17(28)16-12(21)6-13(18(29)27(16)19)25-15-7-14(22)23-8-24-15;16-10-6-11(18)12-13(21)19-15(20(12)14(10)22)4-3-7-1-2-8(17)5-9(7)15;10-7-3-1-6-2-4-9(11)8(6)5-7;1-9(2,3)15-8(14)13-7-4-6(10)11-5-12-7;7-2-1-3(8)4(5(9)11)10-6(2)12;/h4-5,8-11H,6-7H2,1-3H3,(H,31,33)(H2,27,28,29,30,35);1-2,5-8H,3-4H2,(H,26,28)(H3,22,23,24,25);1-2,5-6H,3-4H2,(H,19,21);1,3,5H,2,4H2;4-5H,1-3H3,(H3,10,11,12,13,14);1H,(H2,9,11)(H,10,12);1H. The second-order valence-electron chi connectivity index (χ2n) is 30.7. The van der Waals surface area contributed by atoms with Crippen molar-refractivity contribution >= 4 is 225 Å². The van der Waals surface area contributed by atoms with E-state index in [0.29, 0.717) is 74.7 Å². The third-order valence-corrected chi connectivity index (χ3v) is 23.3. The molecule has 6 amide bonds. The van der Waals surface area contributed by atoms with Gasteiger partial charge in [-0.05, 0) is 213 Å². The molecule has 654 valence electrons. The maximum Gasteiger partial charge on any atom is 0.413 e. The molecule has 4 aliphatic carbocycles. The second-order valence-corrected chi connectivity index (χ2v) is 35.8. The lowest BCUT2D eigenvalue weighted by atomic mass is 10.0. The lowest BCUT2D eigenvalue weighted by Gasteiger charge is -2.28. The van der Waals surface area contributed by atoms with Crippen LogP contribution in [0.2, 0.25) is 40.2 Å². The highest BCUT2D eigenvalue weighted by atomic mass is 79.9. The number of benzene rings is 4. The Hall–Kier alpha value is -11.2. The summed E-state index contributed by atoms with van der Waals surface area (Å²) in [5, 5.41) is 22.6. The van der Waals surface area contributed by atoms with Gasteiger partial charge in [-0.15, -0.1) is 12.4 Å². The fourth-order valence-corrected chi connectivity index (χ4v) is 17.7. The minimum absolute atomic E-state index is 0. The van der Waals surface area contributed by atoms with Crippen LogP contribution >= 0.6 is 137 Å². The number of nitrogen functional groups attached to an aromatic ring is 2. The molecule has 4 aromatic carbocycles. The van der Waals surface area contributed by atoms with E-state index in [0.717, 1.165) is 57.3 Å². The number of aromatic amines is 1. The Morgan fingerprint density at radius 1 is 0.437 bits per heavy atom. The highest BCUT2D eigenvalue weighted by molar-refractivity contribution is 9.10. The molecule has 3 aliphatic heterocycles. The number of carbonyl (C=O) groups is 7. The fourth-order valence-electron chi connectivity index (χ4n) is 15.0. The van der Waals surface area contributed by atoms with Crippen molar-refractivity contribution in [2.24, 2.45) is 5.73 Å². The van der Waals surface area contributed by atoms with E-state index >= 15 is 0 Å². The Labute approximate surface area is 777 Å². The van der Waals surface area contributed by atoms with Gasteiger partial charge >= 0.3 is 12.2 Å². The number of fused-ring (bicyclic) bond motifs is 13. The van der Waals surface area contributed by atoms with Gasteiger partial charge in [0.25, 0.3) is 45.9 Å². The number of halogens is 11. The number of nitrogens with two attached hydrogens (primary N) is 3. The molecule has 7 aromatic heterocycles. The molecule has 18 rings (SSSR count). The van der Waals surface area contributed by atoms with Crippen LogP contribution < -0.4 is 76.7 Å². The molecular formula is C82H71Br2Cl9N20O13. The van der Waals surface area contributed by atoms with Crippen LogP contribution in [-0.4, -0.2) is 101 Å². The summed E-state index contributed by atoms with van der Waals surface area (Å²) in [5.74, 6) is -0.134. The van der Waals surface area contributed by atoms with E-state index in [4.69, 9.17) is 119 Å². The number of ether oxygens (including phenoxy) is 2. The zero-order valence-corrected chi connectivity index (χ0v) is 76.6. The van der Waals surface area contributed by atoms with Gasteiger partial charge in [-0.25, -0.2) is 39.5 Å². The summed E-state index contributed by atoms with van der Waals surface area (Å²) in [4.78, 5) is 160. The van der Waals surface area contributed by atoms with Crippen LogP contribution in [0.5, 0.6) is 0 Å². The number of aromatic nitrogens is 10. The SMILES string of the molecule is CC(C)(C)OC(=O)Nc1cc(N)ncn1.CC(C)(C)OC(=O)Nc1cc(Nc2cc(Cl)c3n(c2=O)C2(CCc4ccc(Cl)cc42)NC3=O)ncn1.Cl.NC(=O)c1[nH]c(=O)c(Br)cc1Cl.Nc1cc(Nc2cc(Cl)c3n(c2=O)C2(CCc4ccc(Cl)cc42)NC3=O)ncn1.O=C1CCc2ccc(Cl)cc21.O=C1NC2(CCc3ccc(Cl)cc32)n2c1c(Cl)cc(Br)c2=O. The number of Topliss-reactive ketones (excluding diaryl/α,β-unsaturated/α-hetero) is 1. The zero-order valence-electron chi connectivity index (χ0n) is 66.6. The third-order valence-electron chi connectivity index (χ3n) is 20.0. The molecule has 0 saturated carbocycles. The summed E-state index contributed by atoms with van der Waals surface area (Å²) in [6.45, 7) is 10.6.